The molecule has 0 saturated heterocycles. The molecule has 1 aliphatic heterocycles. The van der Waals surface area contributed by atoms with Gasteiger partial charge in [0.15, 0.2) is 11.5 Å². The van der Waals surface area contributed by atoms with Gasteiger partial charge in [0.2, 0.25) is 5.91 Å². The number of halogens is 2. The highest BCUT2D eigenvalue weighted by Gasteiger charge is 2.53. The monoisotopic (exact) mass is 452 g/mol. The van der Waals surface area contributed by atoms with E-state index in [-0.39, 0.29) is 23.0 Å². The molecule has 1 aromatic heterocycles. The Balaban J connectivity index is 1.40. The lowest BCUT2D eigenvalue weighted by Gasteiger charge is -2.17. The summed E-state index contributed by atoms with van der Waals surface area (Å²) in [6, 6.07) is 14.2. The van der Waals surface area contributed by atoms with Gasteiger partial charge in [-0.3, -0.25) is 4.79 Å². The third kappa shape index (κ3) is 3.75. The number of nitrogens with one attached hydrogen (secondary N) is 1. The Bertz CT molecular complexity index is 1300. The van der Waals surface area contributed by atoms with E-state index in [0.717, 1.165) is 5.56 Å². The zero-order valence-electron chi connectivity index (χ0n) is 17.4. The van der Waals surface area contributed by atoms with Crippen LogP contribution < -0.4 is 14.8 Å². The highest BCUT2D eigenvalue weighted by molar-refractivity contribution is 6.01. The van der Waals surface area contributed by atoms with Gasteiger partial charge >= 0.3 is 12.3 Å². The lowest BCUT2D eigenvalue weighted by molar-refractivity contribution is -0.286. The van der Waals surface area contributed by atoms with Crippen molar-refractivity contribution in [2.75, 3.05) is 5.32 Å². The van der Waals surface area contributed by atoms with Crippen molar-refractivity contribution in [2.45, 2.75) is 31.5 Å². The number of carbonyl (C=O) groups excluding carboxylic acids is 1. The molecular formula is C24H18F2N2O5. The van der Waals surface area contributed by atoms with E-state index in [0.29, 0.717) is 35.5 Å². The molecule has 2 aromatic carbocycles. The Labute approximate surface area is 187 Å². The van der Waals surface area contributed by atoms with Crippen LogP contribution >= 0.6 is 0 Å². The van der Waals surface area contributed by atoms with Crippen LogP contribution in [0.25, 0.3) is 11.3 Å². The molecule has 0 spiro atoms. The van der Waals surface area contributed by atoms with Crippen LogP contribution in [-0.4, -0.2) is 28.3 Å². The van der Waals surface area contributed by atoms with Gasteiger partial charge in [0.05, 0.1) is 16.7 Å². The molecule has 33 heavy (non-hydrogen) atoms. The molecule has 0 unspecified atom stereocenters. The number of hydrogen-bond donors (Lipinski definition) is 2. The van der Waals surface area contributed by atoms with Crippen LogP contribution in [0.2, 0.25) is 0 Å². The van der Waals surface area contributed by atoms with Crippen molar-refractivity contribution in [2.24, 2.45) is 0 Å². The van der Waals surface area contributed by atoms with E-state index in [4.69, 9.17) is 0 Å². The zero-order chi connectivity index (χ0) is 23.4. The summed E-state index contributed by atoms with van der Waals surface area (Å²) in [6.07, 6.45) is -2.62. The maximum atomic E-state index is 13.3. The van der Waals surface area contributed by atoms with Gasteiger partial charge in [0.1, 0.15) is 5.82 Å². The Hall–Kier alpha value is -4.01. The minimum atomic E-state index is -3.72. The second-order valence-corrected chi connectivity index (χ2v) is 8.11. The van der Waals surface area contributed by atoms with E-state index in [1.54, 1.807) is 30.3 Å². The molecule has 1 fully saturated rings. The Morgan fingerprint density at radius 1 is 1.03 bits per heavy atom. The standard InChI is InChI=1S/C24H18F2N2O5/c1-13-5-8-19(27-20(13)14-3-2-4-15(11-14)21(29)30)28-22(31)23(9-10-23)16-6-7-17-18(12-16)33-24(25,26)32-17/h2-8,11-12H,9-10H2,1H3,(H,29,30)(H,27,28,31). The van der Waals surface area contributed by atoms with Gasteiger partial charge < -0.3 is 19.9 Å². The molecule has 0 bridgehead atoms. The van der Waals surface area contributed by atoms with Crippen molar-refractivity contribution in [3.8, 4) is 22.8 Å². The minimum absolute atomic E-state index is 0.0756. The number of carboxylic acid groups (broad SMARTS) is 1. The molecule has 2 heterocycles. The van der Waals surface area contributed by atoms with Gasteiger partial charge in [0.25, 0.3) is 0 Å². The molecule has 1 amide bonds. The van der Waals surface area contributed by atoms with E-state index in [2.05, 4.69) is 19.8 Å². The van der Waals surface area contributed by atoms with Gasteiger partial charge in [-0.05, 0) is 61.2 Å². The van der Waals surface area contributed by atoms with Crippen LogP contribution in [0.3, 0.4) is 0 Å². The number of hydrogen-bond acceptors (Lipinski definition) is 5. The third-order valence-electron chi connectivity index (χ3n) is 5.86. The van der Waals surface area contributed by atoms with Crippen molar-refractivity contribution in [3.05, 3.63) is 71.3 Å². The number of amides is 1. The van der Waals surface area contributed by atoms with Crippen molar-refractivity contribution in [1.29, 1.82) is 0 Å². The van der Waals surface area contributed by atoms with Crippen LogP contribution in [0.4, 0.5) is 14.6 Å². The van der Waals surface area contributed by atoms with Crippen LogP contribution in [0.1, 0.15) is 34.3 Å². The van der Waals surface area contributed by atoms with Crippen LogP contribution in [0, 0.1) is 6.92 Å². The number of alkyl halides is 2. The molecule has 1 aliphatic carbocycles. The fourth-order valence-corrected chi connectivity index (χ4v) is 3.94. The Morgan fingerprint density at radius 3 is 2.52 bits per heavy atom. The van der Waals surface area contributed by atoms with Gasteiger partial charge in [-0.25, -0.2) is 9.78 Å². The smallest absolute Gasteiger partial charge is 0.478 e. The molecule has 0 radical (unpaired) electrons. The number of ether oxygens (including phenoxy) is 2. The number of rotatable bonds is 5. The molecular weight excluding hydrogens is 434 g/mol. The lowest BCUT2D eigenvalue weighted by Crippen LogP contribution is -2.28. The number of fused-ring (bicyclic) bond motifs is 1. The summed E-state index contributed by atoms with van der Waals surface area (Å²) in [5, 5.41) is 12.1. The number of nitrogens with zero attached hydrogens (tertiary/aromatic N) is 1. The average Bonchev–Trinajstić information content (AvgIpc) is 3.52. The molecule has 2 aliphatic rings. The summed E-state index contributed by atoms with van der Waals surface area (Å²) in [4.78, 5) is 29.0. The molecule has 2 N–H and O–H groups in total. The van der Waals surface area contributed by atoms with Gasteiger partial charge in [-0.15, -0.1) is 8.78 Å². The predicted octanol–water partition coefficient (Wildman–Crippen LogP) is 4.75. The summed E-state index contributed by atoms with van der Waals surface area (Å²) in [6.45, 7) is 1.84. The van der Waals surface area contributed by atoms with E-state index in [1.807, 2.05) is 6.92 Å². The molecule has 9 heteroatoms. The fourth-order valence-electron chi connectivity index (χ4n) is 3.94. The van der Waals surface area contributed by atoms with Crippen molar-refractivity contribution in [1.82, 2.24) is 4.98 Å². The van der Waals surface area contributed by atoms with Crippen LogP contribution in [-0.2, 0) is 10.2 Å². The number of anilines is 1. The minimum Gasteiger partial charge on any atom is -0.478 e. The summed E-state index contributed by atoms with van der Waals surface area (Å²) in [5.41, 5.74) is 1.79. The summed E-state index contributed by atoms with van der Waals surface area (Å²) in [7, 11) is 0. The number of aryl methyl sites for hydroxylation is 1. The number of carbonyl (C=O) groups is 2. The quantitative estimate of drug-likeness (QED) is 0.580. The van der Waals surface area contributed by atoms with E-state index < -0.39 is 17.7 Å². The summed E-state index contributed by atoms with van der Waals surface area (Å²) >= 11 is 0. The lowest BCUT2D eigenvalue weighted by atomic mass is 9.94. The normalized spacial score (nSPS) is 16.8. The zero-order valence-corrected chi connectivity index (χ0v) is 17.4. The molecule has 5 rings (SSSR count). The Morgan fingerprint density at radius 2 is 1.79 bits per heavy atom. The van der Waals surface area contributed by atoms with Gasteiger partial charge in [-0.2, -0.15) is 0 Å². The molecule has 168 valence electrons. The predicted molar refractivity (Wildman–Crippen MR) is 114 cm³/mol. The highest BCUT2D eigenvalue weighted by Crippen LogP contribution is 2.52. The van der Waals surface area contributed by atoms with Crippen molar-refractivity contribution >= 4 is 17.7 Å². The van der Waals surface area contributed by atoms with Crippen LogP contribution in [0.5, 0.6) is 11.5 Å². The first-order valence-electron chi connectivity index (χ1n) is 10.2. The molecule has 1 saturated carbocycles. The molecule has 7 nitrogen and oxygen atoms in total. The number of aromatic nitrogens is 1. The fraction of sp³-hybridized carbons (Fsp3) is 0.208. The van der Waals surface area contributed by atoms with Gasteiger partial charge in [-0.1, -0.05) is 24.3 Å². The van der Waals surface area contributed by atoms with Crippen molar-refractivity contribution < 1.29 is 33.0 Å². The summed E-state index contributed by atoms with van der Waals surface area (Å²) < 4.78 is 35.6. The van der Waals surface area contributed by atoms with Crippen molar-refractivity contribution in [3.63, 3.8) is 0 Å². The number of carboxylic acids is 1. The maximum absolute atomic E-state index is 13.3. The highest BCUT2D eigenvalue weighted by atomic mass is 19.3. The second-order valence-electron chi connectivity index (χ2n) is 8.11. The average molecular weight is 452 g/mol. The topological polar surface area (TPSA) is 97.8 Å². The first kappa shape index (κ1) is 20.9. The van der Waals surface area contributed by atoms with E-state index in [9.17, 15) is 23.5 Å². The number of aromatic carboxylic acids is 1. The van der Waals surface area contributed by atoms with E-state index in [1.165, 1.54) is 24.3 Å². The largest absolute Gasteiger partial charge is 0.586 e. The maximum Gasteiger partial charge on any atom is 0.586 e. The SMILES string of the molecule is Cc1ccc(NC(=O)C2(c3ccc4c(c3)OC(F)(F)O4)CC2)nc1-c1cccc(C(=O)O)c1. The van der Waals surface area contributed by atoms with Crippen LogP contribution in [0.15, 0.2) is 54.6 Å². The summed E-state index contributed by atoms with van der Waals surface area (Å²) in [5.74, 6) is -1.23. The third-order valence-corrected chi connectivity index (χ3v) is 5.86. The Kier molecular flexibility index (Phi) is 4.59. The first-order valence-corrected chi connectivity index (χ1v) is 10.2. The number of benzene rings is 2. The molecule has 0 atom stereocenters. The molecule has 3 aromatic rings. The van der Waals surface area contributed by atoms with Gasteiger partial charge in [0, 0.05) is 5.56 Å². The van der Waals surface area contributed by atoms with E-state index >= 15 is 0 Å². The first-order chi connectivity index (χ1) is 15.7. The number of pyridine rings is 1. The second kappa shape index (κ2) is 7.26.